The number of carbonyl (C=O) groups excluding carboxylic acids is 1. The lowest BCUT2D eigenvalue weighted by atomic mass is 9.77. The Hall–Kier alpha value is -0.780. The van der Waals surface area contributed by atoms with Crippen LogP contribution in [-0.2, 0) is 4.79 Å². The van der Waals surface area contributed by atoms with Crippen molar-refractivity contribution in [1.82, 2.24) is 10.6 Å². The molecular formula is C16H27F3N2O. The van der Waals surface area contributed by atoms with Crippen molar-refractivity contribution in [2.75, 3.05) is 13.1 Å². The SMILES string of the molecule is CC1(C)CCCNC1CNC(=O)C1CCCC(C(F)(F)F)C1. The summed E-state index contributed by atoms with van der Waals surface area (Å²) in [6.45, 7) is 5.76. The third-order valence-corrected chi connectivity index (χ3v) is 5.32. The van der Waals surface area contributed by atoms with Gasteiger partial charge in [-0.15, -0.1) is 0 Å². The van der Waals surface area contributed by atoms with Gasteiger partial charge < -0.3 is 10.6 Å². The van der Waals surface area contributed by atoms with Crippen LogP contribution in [-0.4, -0.2) is 31.2 Å². The number of hydrogen-bond acceptors (Lipinski definition) is 2. The summed E-state index contributed by atoms with van der Waals surface area (Å²) in [5, 5.41) is 6.29. The van der Waals surface area contributed by atoms with Crippen LogP contribution >= 0.6 is 0 Å². The first-order chi connectivity index (χ1) is 10.2. The Morgan fingerprint density at radius 2 is 2.00 bits per heavy atom. The van der Waals surface area contributed by atoms with Crippen LogP contribution in [0.1, 0.15) is 52.4 Å². The van der Waals surface area contributed by atoms with Crippen molar-refractivity contribution in [3.05, 3.63) is 0 Å². The Labute approximate surface area is 130 Å². The molecule has 2 rings (SSSR count). The molecule has 1 heterocycles. The quantitative estimate of drug-likeness (QED) is 0.838. The van der Waals surface area contributed by atoms with E-state index in [4.69, 9.17) is 0 Å². The molecule has 2 aliphatic rings. The predicted molar refractivity (Wildman–Crippen MR) is 79.3 cm³/mol. The molecule has 128 valence electrons. The minimum atomic E-state index is -4.17. The van der Waals surface area contributed by atoms with E-state index in [1.165, 1.54) is 0 Å². The van der Waals surface area contributed by atoms with Gasteiger partial charge in [0.25, 0.3) is 0 Å². The fraction of sp³-hybridized carbons (Fsp3) is 0.938. The minimum Gasteiger partial charge on any atom is -0.354 e. The Morgan fingerprint density at radius 3 is 2.64 bits per heavy atom. The summed E-state index contributed by atoms with van der Waals surface area (Å²) >= 11 is 0. The van der Waals surface area contributed by atoms with E-state index in [1.807, 2.05) is 0 Å². The summed E-state index contributed by atoms with van der Waals surface area (Å²) in [5.74, 6) is -2.02. The monoisotopic (exact) mass is 320 g/mol. The van der Waals surface area contributed by atoms with E-state index in [0.717, 1.165) is 19.4 Å². The maximum absolute atomic E-state index is 12.8. The number of piperidine rings is 1. The van der Waals surface area contributed by atoms with E-state index < -0.39 is 18.0 Å². The van der Waals surface area contributed by atoms with Crippen molar-refractivity contribution < 1.29 is 18.0 Å². The lowest BCUT2D eigenvalue weighted by Crippen LogP contribution is -2.53. The number of nitrogens with one attached hydrogen (secondary N) is 2. The van der Waals surface area contributed by atoms with Gasteiger partial charge in [-0.05, 0) is 44.1 Å². The number of alkyl halides is 3. The Morgan fingerprint density at radius 1 is 1.27 bits per heavy atom. The predicted octanol–water partition coefficient (Wildman–Crippen LogP) is 3.25. The number of hydrogen-bond donors (Lipinski definition) is 2. The van der Waals surface area contributed by atoms with Crippen LogP contribution in [0.2, 0.25) is 0 Å². The molecule has 3 unspecified atom stereocenters. The zero-order valence-corrected chi connectivity index (χ0v) is 13.4. The molecule has 1 aliphatic heterocycles. The van der Waals surface area contributed by atoms with E-state index in [-0.39, 0.29) is 30.2 Å². The summed E-state index contributed by atoms with van der Waals surface area (Å²) in [7, 11) is 0. The molecule has 2 N–H and O–H groups in total. The largest absolute Gasteiger partial charge is 0.391 e. The van der Waals surface area contributed by atoms with E-state index in [1.54, 1.807) is 0 Å². The lowest BCUT2D eigenvalue weighted by Gasteiger charge is -2.40. The standard InChI is InChI=1S/C16H27F3N2O/c1-15(2)7-4-8-20-13(15)10-21-14(22)11-5-3-6-12(9-11)16(17,18)19/h11-13,20H,3-10H2,1-2H3,(H,21,22). The topological polar surface area (TPSA) is 41.1 Å². The summed E-state index contributed by atoms with van der Waals surface area (Å²) < 4.78 is 38.4. The highest BCUT2D eigenvalue weighted by Gasteiger charge is 2.43. The smallest absolute Gasteiger partial charge is 0.354 e. The molecule has 3 atom stereocenters. The van der Waals surface area contributed by atoms with Crippen LogP contribution < -0.4 is 10.6 Å². The molecule has 3 nitrogen and oxygen atoms in total. The summed E-state index contributed by atoms with van der Waals surface area (Å²) in [6.07, 6.45) is -0.810. The molecule has 22 heavy (non-hydrogen) atoms. The second-order valence-corrected chi connectivity index (χ2v) is 7.45. The van der Waals surface area contributed by atoms with Gasteiger partial charge in [-0.1, -0.05) is 20.3 Å². The molecule has 0 aromatic carbocycles. The molecular weight excluding hydrogens is 293 g/mol. The Bertz CT molecular complexity index is 395. The highest BCUT2D eigenvalue weighted by atomic mass is 19.4. The van der Waals surface area contributed by atoms with E-state index >= 15 is 0 Å². The van der Waals surface area contributed by atoms with Crippen LogP contribution in [0.3, 0.4) is 0 Å². The first kappa shape index (κ1) is 17.6. The lowest BCUT2D eigenvalue weighted by molar-refractivity contribution is -0.186. The number of carbonyl (C=O) groups is 1. The van der Waals surface area contributed by atoms with Crippen molar-refractivity contribution in [2.24, 2.45) is 17.3 Å². The van der Waals surface area contributed by atoms with Gasteiger partial charge in [0, 0.05) is 18.5 Å². The van der Waals surface area contributed by atoms with E-state index in [2.05, 4.69) is 24.5 Å². The van der Waals surface area contributed by atoms with Gasteiger partial charge in [0.05, 0.1) is 5.92 Å². The highest BCUT2D eigenvalue weighted by Crippen LogP contribution is 2.40. The molecule has 0 spiro atoms. The fourth-order valence-electron chi connectivity index (χ4n) is 3.69. The number of rotatable bonds is 3. The van der Waals surface area contributed by atoms with Crippen LogP contribution in [0.4, 0.5) is 13.2 Å². The van der Waals surface area contributed by atoms with Crippen molar-refractivity contribution in [3.8, 4) is 0 Å². The maximum Gasteiger partial charge on any atom is 0.391 e. The van der Waals surface area contributed by atoms with Gasteiger partial charge in [0.1, 0.15) is 0 Å². The van der Waals surface area contributed by atoms with Gasteiger partial charge in [0.2, 0.25) is 5.91 Å². The Balaban J connectivity index is 1.84. The zero-order chi connectivity index (χ0) is 16.4. The van der Waals surface area contributed by atoms with E-state index in [9.17, 15) is 18.0 Å². The minimum absolute atomic E-state index is 0.0587. The molecule has 6 heteroatoms. The van der Waals surface area contributed by atoms with Crippen molar-refractivity contribution in [2.45, 2.75) is 64.6 Å². The van der Waals surface area contributed by atoms with Gasteiger partial charge in [-0.25, -0.2) is 0 Å². The molecule has 0 aromatic heterocycles. The molecule has 0 radical (unpaired) electrons. The highest BCUT2D eigenvalue weighted by molar-refractivity contribution is 5.78. The molecule has 0 bridgehead atoms. The van der Waals surface area contributed by atoms with Crippen molar-refractivity contribution in [1.29, 1.82) is 0 Å². The average molecular weight is 320 g/mol. The van der Waals surface area contributed by atoms with Crippen LogP contribution in [0.5, 0.6) is 0 Å². The number of amides is 1. The second kappa shape index (κ2) is 6.77. The second-order valence-electron chi connectivity index (χ2n) is 7.45. The van der Waals surface area contributed by atoms with Crippen LogP contribution in [0.25, 0.3) is 0 Å². The molecule has 2 fully saturated rings. The van der Waals surface area contributed by atoms with Crippen molar-refractivity contribution in [3.63, 3.8) is 0 Å². The van der Waals surface area contributed by atoms with Gasteiger partial charge in [0.15, 0.2) is 0 Å². The van der Waals surface area contributed by atoms with E-state index in [0.29, 0.717) is 19.4 Å². The molecule has 1 amide bonds. The third-order valence-electron chi connectivity index (χ3n) is 5.32. The normalized spacial score (nSPS) is 32.5. The average Bonchev–Trinajstić information content (AvgIpc) is 2.44. The molecule has 1 aliphatic carbocycles. The zero-order valence-electron chi connectivity index (χ0n) is 13.4. The molecule has 1 saturated carbocycles. The van der Waals surface area contributed by atoms with Gasteiger partial charge >= 0.3 is 6.18 Å². The van der Waals surface area contributed by atoms with Gasteiger partial charge in [-0.3, -0.25) is 4.79 Å². The maximum atomic E-state index is 12.8. The van der Waals surface area contributed by atoms with Crippen LogP contribution in [0.15, 0.2) is 0 Å². The first-order valence-electron chi connectivity index (χ1n) is 8.28. The third kappa shape index (κ3) is 4.37. The fourth-order valence-corrected chi connectivity index (χ4v) is 3.69. The number of halogens is 3. The summed E-state index contributed by atoms with van der Waals surface area (Å²) in [5.41, 5.74) is 0.104. The van der Waals surface area contributed by atoms with Gasteiger partial charge in [-0.2, -0.15) is 13.2 Å². The molecule has 0 aromatic rings. The summed E-state index contributed by atoms with van der Waals surface area (Å²) in [6, 6.07) is 0.187. The van der Waals surface area contributed by atoms with Crippen molar-refractivity contribution >= 4 is 5.91 Å². The summed E-state index contributed by atoms with van der Waals surface area (Å²) in [4.78, 5) is 12.2. The first-order valence-corrected chi connectivity index (χ1v) is 8.28. The Kier molecular flexibility index (Phi) is 5.41. The molecule has 1 saturated heterocycles. The van der Waals surface area contributed by atoms with Crippen LogP contribution in [0, 0.1) is 17.3 Å².